The smallest absolute Gasteiger partial charge is 0.0519 e. The van der Waals surface area contributed by atoms with Crippen molar-refractivity contribution in [3.8, 4) is 0 Å². The quantitative estimate of drug-likeness (QED) is 0.910. The van der Waals surface area contributed by atoms with Gasteiger partial charge in [-0.1, -0.05) is 6.07 Å². The number of thiophene rings is 1. The summed E-state index contributed by atoms with van der Waals surface area (Å²) in [7, 11) is 2.13. The number of pyridine rings is 1. The number of nitrogens with zero attached hydrogens (tertiary/aromatic N) is 2. The molecule has 0 unspecified atom stereocenters. The van der Waals surface area contributed by atoms with E-state index in [0.29, 0.717) is 0 Å². The van der Waals surface area contributed by atoms with Gasteiger partial charge in [-0.15, -0.1) is 11.3 Å². The minimum Gasteiger partial charge on any atom is -0.369 e. The predicted molar refractivity (Wildman–Crippen MR) is 87.3 cm³/mol. The molecule has 0 spiro atoms. The van der Waals surface area contributed by atoms with Crippen LogP contribution in [0.3, 0.4) is 0 Å². The molecule has 2 heterocycles. The van der Waals surface area contributed by atoms with Crippen molar-refractivity contribution in [1.29, 1.82) is 0 Å². The van der Waals surface area contributed by atoms with E-state index in [4.69, 9.17) is 0 Å². The molecule has 0 aliphatic heterocycles. The molecule has 0 fully saturated rings. The maximum Gasteiger partial charge on any atom is 0.0519 e. The first kappa shape index (κ1) is 15.0. The van der Waals surface area contributed by atoms with Crippen LogP contribution >= 0.6 is 11.3 Å². The fraction of sp³-hybridized carbons (Fsp3) is 0.438. The molecular formula is C16H23N3S. The molecular weight excluding hydrogens is 266 g/mol. The summed E-state index contributed by atoms with van der Waals surface area (Å²) >= 11 is 1.80. The Bertz CT molecular complexity index is 529. The predicted octanol–water partition coefficient (Wildman–Crippen LogP) is 3.67. The lowest BCUT2D eigenvalue weighted by Crippen LogP contribution is -2.35. The van der Waals surface area contributed by atoms with Crippen molar-refractivity contribution in [2.45, 2.75) is 39.4 Å². The van der Waals surface area contributed by atoms with E-state index in [9.17, 15) is 0 Å². The van der Waals surface area contributed by atoms with Crippen molar-refractivity contribution in [1.82, 2.24) is 10.3 Å². The molecule has 20 heavy (non-hydrogen) atoms. The summed E-state index contributed by atoms with van der Waals surface area (Å²) in [5.41, 5.74) is 2.59. The standard InChI is InChI=1S/C16H23N3S/c1-16(2,3)18-11-13-10-17-8-7-15(13)19(4)12-14-6-5-9-20-14/h5-10,18H,11-12H2,1-4H3. The van der Waals surface area contributed by atoms with Gasteiger partial charge in [0.2, 0.25) is 0 Å². The second kappa shape index (κ2) is 6.37. The van der Waals surface area contributed by atoms with Crippen LogP contribution < -0.4 is 10.2 Å². The van der Waals surface area contributed by atoms with Gasteiger partial charge in [0, 0.05) is 47.7 Å². The maximum absolute atomic E-state index is 4.26. The van der Waals surface area contributed by atoms with E-state index >= 15 is 0 Å². The first-order valence-electron chi connectivity index (χ1n) is 6.87. The van der Waals surface area contributed by atoms with Gasteiger partial charge in [0.15, 0.2) is 0 Å². The monoisotopic (exact) mass is 289 g/mol. The lowest BCUT2D eigenvalue weighted by molar-refractivity contribution is 0.424. The molecule has 0 atom stereocenters. The summed E-state index contributed by atoms with van der Waals surface area (Å²) in [6.07, 6.45) is 3.82. The van der Waals surface area contributed by atoms with E-state index in [1.54, 1.807) is 11.3 Å². The molecule has 2 aromatic heterocycles. The number of hydrogen-bond donors (Lipinski definition) is 1. The molecule has 0 aliphatic carbocycles. The summed E-state index contributed by atoms with van der Waals surface area (Å²) in [4.78, 5) is 7.92. The molecule has 3 nitrogen and oxygen atoms in total. The van der Waals surface area contributed by atoms with Gasteiger partial charge in [0.1, 0.15) is 0 Å². The molecule has 108 valence electrons. The summed E-state index contributed by atoms with van der Waals surface area (Å²) in [5, 5.41) is 5.65. The molecule has 0 aliphatic rings. The molecule has 2 aromatic rings. The first-order valence-corrected chi connectivity index (χ1v) is 7.75. The summed E-state index contributed by atoms with van der Waals surface area (Å²) < 4.78 is 0. The Morgan fingerprint density at radius 1 is 1.30 bits per heavy atom. The zero-order valence-electron chi connectivity index (χ0n) is 12.7. The number of rotatable bonds is 5. The summed E-state index contributed by atoms with van der Waals surface area (Å²) in [5.74, 6) is 0. The molecule has 0 saturated heterocycles. The molecule has 1 N–H and O–H groups in total. The third-order valence-electron chi connectivity index (χ3n) is 3.07. The van der Waals surface area contributed by atoms with Crippen molar-refractivity contribution >= 4 is 17.0 Å². The van der Waals surface area contributed by atoms with Gasteiger partial charge in [-0.3, -0.25) is 4.98 Å². The largest absolute Gasteiger partial charge is 0.369 e. The van der Waals surface area contributed by atoms with E-state index in [1.165, 1.54) is 16.1 Å². The van der Waals surface area contributed by atoms with Crippen LogP contribution in [0.4, 0.5) is 5.69 Å². The van der Waals surface area contributed by atoms with E-state index in [2.05, 4.69) is 66.6 Å². The van der Waals surface area contributed by atoms with Crippen molar-refractivity contribution in [2.24, 2.45) is 0 Å². The van der Waals surface area contributed by atoms with Gasteiger partial charge in [-0.2, -0.15) is 0 Å². The Kier molecular flexibility index (Phi) is 4.78. The summed E-state index contributed by atoms with van der Waals surface area (Å²) in [6.45, 7) is 8.31. The van der Waals surface area contributed by atoms with E-state index in [1.807, 2.05) is 12.4 Å². The molecule has 0 radical (unpaired) electrons. The highest BCUT2D eigenvalue weighted by molar-refractivity contribution is 7.09. The van der Waals surface area contributed by atoms with Crippen molar-refractivity contribution < 1.29 is 0 Å². The highest BCUT2D eigenvalue weighted by Crippen LogP contribution is 2.22. The number of aromatic nitrogens is 1. The Hall–Kier alpha value is -1.39. The van der Waals surface area contributed by atoms with Crippen LogP contribution in [0.15, 0.2) is 36.0 Å². The SMILES string of the molecule is CN(Cc1cccs1)c1ccncc1CNC(C)(C)C. The van der Waals surface area contributed by atoms with Gasteiger partial charge >= 0.3 is 0 Å². The zero-order chi connectivity index (χ0) is 14.6. The van der Waals surface area contributed by atoms with Crippen molar-refractivity contribution in [3.63, 3.8) is 0 Å². The topological polar surface area (TPSA) is 28.2 Å². The molecule has 0 aromatic carbocycles. The third kappa shape index (κ3) is 4.32. The summed E-state index contributed by atoms with van der Waals surface area (Å²) in [6, 6.07) is 6.37. The highest BCUT2D eigenvalue weighted by atomic mass is 32.1. The lowest BCUT2D eigenvalue weighted by Gasteiger charge is -2.25. The average molecular weight is 289 g/mol. The van der Waals surface area contributed by atoms with Crippen molar-refractivity contribution in [3.05, 3.63) is 46.4 Å². The van der Waals surface area contributed by atoms with Gasteiger partial charge in [0.05, 0.1) is 6.54 Å². The molecule has 0 amide bonds. The molecule has 2 rings (SSSR count). The van der Waals surface area contributed by atoms with Crippen LogP contribution in [-0.2, 0) is 13.1 Å². The fourth-order valence-electron chi connectivity index (χ4n) is 2.01. The van der Waals surface area contributed by atoms with Crippen LogP contribution in [0.2, 0.25) is 0 Å². The molecule has 4 heteroatoms. The van der Waals surface area contributed by atoms with Gasteiger partial charge < -0.3 is 10.2 Å². The number of nitrogens with one attached hydrogen (secondary N) is 1. The number of hydrogen-bond acceptors (Lipinski definition) is 4. The Labute approximate surface area is 125 Å². The normalized spacial score (nSPS) is 11.6. The van der Waals surface area contributed by atoms with Gasteiger partial charge in [-0.05, 0) is 38.3 Å². The second-order valence-electron chi connectivity index (χ2n) is 6.04. The minimum atomic E-state index is 0.111. The Balaban J connectivity index is 2.10. The van der Waals surface area contributed by atoms with Crippen LogP contribution in [0.5, 0.6) is 0 Å². The van der Waals surface area contributed by atoms with Gasteiger partial charge in [0.25, 0.3) is 0 Å². The Morgan fingerprint density at radius 3 is 2.75 bits per heavy atom. The van der Waals surface area contributed by atoms with Crippen LogP contribution in [-0.4, -0.2) is 17.6 Å². The van der Waals surface area contributed by atoms with Crippen LogP contribution in [0.1, 0.15) is 31.2 Å². The molecule has 0 bridgehead atoms. The minimum absolute atomic E-state index is 0.111. The zero-order valence-corrected chi connectivity index (χ0v) is 13.5. The van der Waals surface area contributed by atoms with E-state index in [0.717, 1.165) is 13.1 Å². The molecule has 0 saturated carbocycles. The maximum atomic E-state index is 4.26. The highest BCUT2D eigenvalue weighted by Gasteiger charge is 2.12. The van der Waals surface area contributed by atoms with Crippen LogP contribution in [0, 0.1) is 0 Å². The second-order valence-corrected chi connectivity index (χ2v) is 7.08. The van der Waals surface area contributed by atoms with Crippen molar-refractivity contribution in [2.75, 3.05) is 11.9 Å². The number of anilines is 1. The lowest BCUT2D eigenvalue weighted by atomic mass is 10.1. The Morgan fingerprint density at radius 2 is 2.10 bits per heavy atom. The first-order chi connectivity index (χ1) is 9.46. The van der Waals surface area contributed by atoms with Crippen LogP contribution in [0.25, 0.3) is 0 Å². The fourth-order valence-corrected chi connectivity index (χ4v) is 2.77. The van der Waals surface area contributed by atoms with Gasteiger partial charge in [-0.25, -0.2) is 0 Å². The average Bonchev–Trinajstić information content (AvgIpc) is 2.88. The van der Waals surface area contributed by atoms with E-state index in [-0.39, 0.29) is 5.54 Å². The third-order valence-corrected chi connectivity index (χ3v) is 3.93. The van der Waals surface area contributed by atoms with E-state index < -0.39 is 0 Å².